The number of carbonyl (C=O) groups excluding carboxylic acids is 1. The number of benzene rings is 2. The second kappa shape index (κ2) is 9.48. The Hall–Kier alpha value is -1.65. The summed E-state index contributed by atoms with van der Waals surface area (Å²) in [5.41, 5.74) is 2.64. The zero-order chi connectivity index (χ0) is 16.5. The third kappa shape index (κ3) is 6.16. The molecule has 122 valence electrons. The second-order valence-electron chi connectivity index (χ2n) is 5.05. The van der Waals surface area contributed by atoms with Gasteiger partial charge in [-0.1, -0.05) is 48.0 Å². The van der Waals surface area contributed by atoms with E-state index in [0.717, 1.165) is 11.5 Å². The summed E-state index contributed by atoms with van der Waals surface area (Å²) in [6.07, 6.45) is 0. The van der Waals surface area contributed by atoms with Crippen molar-refractivity contribution in [2.24, 2.45) is 0 Å². The fraction of sp³-hybridized carbons (Fsp3) is 0.278. The van der Waals surface area contributed by atoms with Gasteiger partial charge in [-0.2, -0.15) is 11.8 Å². The molecular weight excluding hydrogens is 330 g/mol. The van der Waals surface area contributed by atoms with Gasteiger partial charge >= 0.3 is 0 Å². The third-order valence-corrected chi connectivity index (χ3v) is 4.60. The van der Waals surface area contributed by atoms with Gasteiger partial charge in [0.2, 0.25) is 0 Å². The molecule has 0 saturated heterocycles. The minimum atomic E-state index is -0.138. The molecule has 23 heavy (non-hydrogen) atoms. The van der Waals surface area contributed by atoms with E-state index in [9.17, 15) is 4.79 Å². The van der Waals surface area contributed by atoms with E-state index in [0.29, 0.717) is 17.3 Å². The molecule has 3 nitrogen and oxygen atoms in total. The topological polar surface area (TPSA) is 38.3 Å². The summed E-state index contributed by atoms with van der Waals surface area (Å²) in [4.78, 5) is 11.7. The maximum Gasteiger partial charge on any atom is 0.257 e. The van der Waals surface area contributed by atoms with Gasteiger partial charge in [-0.3, -0.25) is 4.79 Å². The Morgan fingerprint density at radius 2 is 1.91 bits per heavy atom. The number of halogens is 1. The average Bonchev–Trinajstić information content (AvgIpc) is 2.55. The lowest BCUT2D eigenvalue weighted by molar-refractivity contribution is -0.122. The molecule has 0 aliphatic heterocycles. The number of hydrogen-bond acceptors (Lipinski definition) is 3. The van der Waals surface area contributed by atoms with Gasteiger partial charge in [0, 0.05) is 18.1 Å². The van der Waals surface area contributed by atoms with E-state index in [4.69, 9.17) is 16.3 Å². The van der Waals surface area contributed by atoms with Crippen LogP contribution in [-0.4, -0.2) is 24.8 Å². The van der Waals surface area contributed by atoms with Gasteiger partial charge in [-0.15, -0.1) is 0 Å². The summed E-state index contributed by atoms with van der Waals surface area (Å²) in [6, 6.07) is 15.5. The molecule has 0 heterocycles. The quantitative estimate of drug-likeness (QED) is 0.730. The highest BCUT2D eigenvalue weighted by atomic mass is 35.5. The van der Waals surface area contributed by atoms with Crippen molar-refractivity contribution in [2.75, 3.05) is 18.9 Å². The highest BCUT2D eigenvalue weighted by Gasteiger charge is 2.05. The van der Waals surface area contributed by atoms with E-state index in [1.54, 1.807) is 23.9 Å². The van der Waals surface area contributed by atoms with Crippen molar-refractivity contribution < 1.29 is 9.53 Å². The van der Waals surface area contributed by atoms with Crippen LogP contribution in [0.3, 0.4) is 0 Å². The van der Waals surface area contributed by atoms with Crippen LogP contribution in [0.4, 0.5) is 0 Å². The van der Waals surface area contributed by atoms with Crippen LogP contribution < -0.4 is 10.1 Å². The second-order valence-corrected chi connectivity index (χ2v) is 6.56. The first-order valence-corrected chi connectivity index (χ1v) is 8.96. The van der Waals surface area contributed by atoms with Crippen molar-refractivity contribution in [1.29, 1.82) is 0 Å². The highest BCUT2D eigenvalue weighted by molar-refractivity contribution is 7.98. The van der Waals surface area contributed by atoms with Crippen LogP contribution in [0.25, 0.3) is 0 Å². The first kappa shape index (κ1) is 17.7. The highest BCUT2D eigenvalue weighted by Crippen LogP contribution is 2.22. The molecule has 2 rings (SSSR count). The smallest absolute Gasteiger partial charge is 0.257 e. The molecule has 1 amide bonds. The first-order chi connectivity index (χ1) is 11.2. The van der Waals surface area contributed by atoms with Gasteiger partial charge in [0.05, 0.1) is 5.02 Å². The molecule has 0 aliphatic carbocycles. The summed E-state index contributed by atoms with van der Waals surface area (Å²) in [5.74, 6) is 2.21. The number of rotatable bonds is 8. The van der Waals surface area contributed by atoms with Gasteiger partial charge in [0.15, 0.2) is 6.61 Å². The molecule has 0 saturated carbocycles. The van der Waals surface area contributed by atoms with Gasteiger partial charge in [0.1, 0.15) is 5.75 Å². The Balaban J connectivity index is 1.60. The molecule has 0 aliphatic rings. The van der Waals surface area contributed by atoms with E-state index in [2.05, 4.69) is 30.4 Å². The van der Waals surface area contributed by atoms with Crippen LogP contribution in [0.2, 0.25) is 5.02 Å². The molecule has 5 heteroatoms. The predicted molar refractivity (Wildman–Crippen MR) is 97.3 cm³/mol. The molecule has 0 aromatic heterocycles. The lowest BCUT2D eigenvalue weighted by atomic mass is 10.1. The number of amides is 1. The van der Waals surface area contributed by atoms with E-state index >= 15 is 0 Å². The molecule has 0 atom stereocenters. The minimum Gasteiger partial charge on any atom is -0.482 e. The van der Waals surface area contributed by atoms with Crippen LogP contribution in [0, 0.1) is 6.92 Å². The number of ether oxygens (including phenoxy) is 1. The van der Waals surface area contributed by atoms with Crippen molar-refractivity contribution in [3.05, 3.63) is 64.7 Å². The minimum absolute atomic E-state index is 0.0216. The number of aryl methyl sites for hydroxylation is 1. The zero-order valence-corrected chi connectivity index (χ0v) is 14.6. The third-order valence-electron chi connectivity index (χ3n) is 3.28. The van der Waals surface area contributed by atoms with Crippen molar-refractivity contribution in [1.82, 2.24) is 5.32 Å². The lowest BCUT2D eigenvalue weighted by Crippen LogP contribution is -2.30. The number of hydrogen-bond donors (Lipinski definition) is 1. The normalized spacial score (nSPS) is 10.3. The Bertz CT molecular complexity index is 648. The van der Waals surface area contributed by atoms with Crippen LogP contribution >= 0.6 is 23.4 Å². The average molecular weight is 350 g/mol. The molecule has 1 N–H and O–H groups in total. The maximum absolute atomic E-state index is 11.7. The van der Waals surface area contributed by atoms with E-state index in [1.807, 2.05) is 18.2 Å². The molecule has 0 fully saturated rings. The van der Waals surface area contributed by atoms with Crippen molar-refractivity contribution in [3.8, 4) is 5.75 Å². The summed E-state index contributed by atoms with van der Waals surface area (Å²) < 4.78 is 5.39. The Morgan fingerprint density at radius 1 is 1.17 bits per heavy atom. The Morgan fingerprint density at radius 3 is 2.70 bits per heavy atom. The Labute approximate surface area is 146 Å². The molecular formula is C18H20ClNO2S. The summed E-state index contributed by atoms with van der Waals surface area (Å²) in [7, 11) is 0. The molecule has 2 aromatic rings. The lowest BCUT2D eigenvalue weighted by Gasteiger charge is -2.09. The molecule has 0 unspecified atom stereocenters. The predicted octanol–water partition coefficient (Wildman–Crippen LogP) is 4.08. The van der Waals surface area contributed by atoms with E-state index < -0.39 is 0 Å². The van der Waals surface area contributed by atoms with Crippen molar-refractivity contribution in [3.63, 3.8) is 0 Å². The number of carbonyl (C=O) groups is 1. The van der Waals surface area contributed by atoms with Crippen molar-refractivity contribution in [2.45, 2.75) is 12.7 Å². The Kier molecular flexibility index (Phi) is 7.30. The molecule has 0 radical (unpaired) electrons. The number of nitrogens with one attached hydrogen (secondary N) is 1. The number of thioether (sulfide) groups is 1. The van der Waals surface area contributed by atoms with E-state index in [-0.39, 0.29) is 12.5 Å². The fourth-order valence-electron chi connectivity index (χ4n) is 1.97. The van der Waals surface area contributed by atoms with Crippen LogP contribution in [0.5, 0.6) is 5.75 Å². The standard InChI is InChI=1S/C18H20ClNO2S/c1-14-6-2-3-7-15(14)13-23-11-10-20-18(21)12-22-17-9-5-4-8-16(17)19/h2-9H,10-13H2,1H3,(H,20,21). The SMILES string of the molecule is Cc1ccccc1CSCCNC(=O)COc1ccccc1Cl. The number of para-hydroxylation sites is 1. The molecule has 2 aromatic carbocycles. The molecule has 0 bridgehead atoms. The van der Waals surface area contributed by atoms with Gasteiger partial charge < -0.3 is 10.1 Å². The molecule has 0 spiro atoms. The summed E-state index contributed by atoms with van der Waals surface area (Å²) in [5, 5.41) is 3.35. The van der Waals surface area contributed by atoms with Gasteiger partial charge in [-0.05, 0) is 30.2 Å². The maximum atomic E-state index is 11.7. The monoisotopic (exact) mass is 349 g/mol. The zero-order valence-electron chi connectivity index (χ0n) is 13.0. The van der Waals surface area contributed by atoms with Crippen LogP contribution in [0.15, 0.2) is 48.5 Å². The first-order valence-electron chi connectivity index (χ1n) is 7.43. The summed E-state index contributed by atoms with van der Waals surface area (Å²) >= 11 is 7.77. The van der Waals surface area contributed by atoms with E-state index in [1.165, 1.54) is 11.1 Å². The van der Waals surface area contributed by atoms with Crippen molar-refractivity contribution >= 4 is 29.3 Å². The van der Waals surface area contributed by atoms with Crippen LogP contribution in [0.1, 0.15) is 11.1 Å². The van der Waals surface area contributed by atoms with Crippen LogP contribution in [-0.2, 0) is 10.5 Å². The van der Waals surface area contributed by atoms with Gasteiger partial charge in [0.25, 0.3) is 5.91 Å². The fourth-order valence-corrected chi connectivity index (χ4v) is 3.10. The summed E-state index contributed by atoms with van der Waals surface area (Å²) in [6.45, 7) is 2.72. The van der Waals surface area contributed by atoms with Gasteiger partial charge in [-0.25, -0.2) is 0 Å². The largest absolute Gasteiger partial charge is 0.482 e.